The molecule has 0 aliphatic carbocycles. The van der Waals surface area contributed by atoms with Crippen molar-refractivity contribution in [3.63, 3.8) is 0 Å². The normalized spacial score (nSPS) is 15.0. The maximum atomic E-state index is 13.3. The van der Waals surface area contributed by atoms with Gasteiger partial charge in [-0.1, -0.05) is 60.1 Å². The molecule has 1 aliphatic heterocycles. The Labute approximate surface area is 202 Å². The van der Waals surface area contributed by atoms with Gasteiger partial charge in [-0.05, 0) is 54.1 Å². The Bertz CT molecular complexity index is 1480. The van der Waals surface area contributed by atoms with Crippen molar-refractivity contribution in [2.24, 2.45) is 0 Å². The number of nitrogens with one attached hydrogen (secondary N) is 2. The number of amides is 1. The second-order valence-corrected chi connectivity index (χ2v) is 8.75. The number of fused-ring (bicyclic) bond motifs is 2. The van der Waals surface area contributed by atoms with Crippen LogP contribution in [-0.2, 0) is 6.54 Å². The van der Waals surface area contributed by atoms with Gasteiger partial charge in [0.1, 0.15) is 12.0 Å². The highest BCUT2D eigenvalue weighted by Crippen LogP contribution is 2.36. The second-order valence-electron chi connectivity index (χ2n) is 8.34. The molecule has 1 amide bonds. The van der Waals surface area contributed by atoms with E-state index in [4.69, 9.17) is 11.6 Å². The number of hydrogen-bond donors (Lipinski definition) is 2. The quantitative estimate of drug-likeness (QED) is 0.306. The van der Waals surface area contributed by atoms with E-state index in [1.807, 2.05) is 102 Å². The molecule has 0 radical (unpaired) electrons. The van der Waals surface area contributed by atoms with E-state index in [0.717, 1.165) is 39.2 Å². The molecule has 0 fully saturated rings. The number of halogens is 1. The van der Waals surface area contributed by atoms with Gasteiger partial charge in [0, 0.05) is 33.9 Å². The van der Waals surface area contributed by atoms with Gasteiger partial charge in [-0.2, -0.15) is 0 Å². The van der Waals surface area contributed by atoms with Crippen LogP contribution in [0.15, 0.2) is 97.1 Å². The number of anilines is 1. The minimum atomic E-state index is -0.294. The highest BCUT2D eigenvalue weighted by atomic mass is 35.5. The lowest BCUT2D eigenvalue weighted by atomic mass is 10.1. The minimum absolute atomic E-state index is 0.00749. The Balaban J connectivity index is 1.30. The highest BCUT2D eigenvalue weighted by molar-refractivity contribution is 6.31. The van der Waals surface area contributed by atoms with Crippen LogP contribution in [0.5, 0.6) is 0 Å². The fourth-order valence-corrected chi connectivity index (χ4v) is 4.67. The lowest BCUT2D eigenvalue weighted by Gasteiger charge is -2.27. The average molecular weight is 465 g/mol. The SMILES string of the molecule is O=C1c2ccccc2[C@H](Nc2ccc(-c3nc4ccccc4[nH]3)cc2)N1Cc1ccccc1Cl. The van der Waals surface area contributed by atoms with Gasteiger partial charge in [-0.15, -0.1) is 0 Å². The smallest absolute Gasteiger partial charge is 0.256 e. The van der Waals surface area contributed by atoms with Crippen molar-refractivity contribution in [3.8, 4) is 11.4 Å². The summed E-state index contributed by atoms with van der Waals surface area (Å²) in [4.78, 5) is 23.1. The number of carbonyl (C=O) groups is 1. The zero-order chi connectivity index (χ0) is 23.1. The van der Waals surface area contributed by atoms with Gasteiger partial charge in [0.05, 0.1) is 11.0 Å². The molecule has 166 valence electrons. The third-order valence-electron chi connectivity index (χ3n) is 6.21. The van der Waals surface area contributed by atoms with Crippen molar-refractivity contribution in [1.29, 1.82) is 0 Å². The van der Waals surface area contributed by atoms with Crippen LogP contribution in [0.2, 0.25) is 5.02 Å². The Morgan fingerprint density at radius 1 is 0.882 bits per heavy atom. The summed E-state index contributed by atoms with van der Waals surface area (Å²) in [7, 11) is 0. The molecule has 6 heteroatoms. The van der Waals surface area contributed by atoms with E-state index >= 15 is 0 Å². The van der Waals surface area contributed by atoms with Crippen LogP contribution < -0.4 is 5.32 Å². The molecule has 4 aromatic carbocycles. The van der Waals surface area contributed by atoms with Gasteiger partial charge in [0.15, 0.2) is 0 Å². The molecule has 34 heavy (non-hydrogen) atoms. The molecule has 1 atom stereocenters. The first kappa shape index (κ1) is 20.5. The first-order valence-corrected chi connectivity index (χ1v) is 11.5. The molecule has 5 aromatic rings. The second kappa shape index (κ2) is 8.36. The van der Waals surface area contributed by atoms with Crippen LogP contribution >= 0.6 is 11.6 Å². The predicted octanol–water partition coefficient (Wildman–Crippen LogP) is 6.65. The van der Waals surface area contributed by atoms with E-state index in [0.29, 0.717) is 17.1 Å². The molecule has 6 rings (SSSR count). The Morgan fingerprint density at radius 2 is 1.62 bits per heavy atom. The van der Waals surface area contributed by atoms with Crippen LogP contribution in [0.1, 0.15) is 27.7 Å². The van der Waals surface area contributed by atoms with Crippen molar-refractivity contribution in [2.45, 2.75) is 12.7 Å². The molecule has 2 heterocycles. The van der Waals surface area contributed by atoms with Crippen molar-refractivity contribution in [2.75, 3.05) is 5.32 Å². The lowest BCUT2D eigenvalue weighted by Crippen LogP contribution is -2.32. The molecule has 5 nitrogen and oxygen atoms in total. The third kappa shape index (κ3) is 3.60. The summed E-state index contributed by atoms with van der Waals surface area (Å²) in [6.07, 6.45) is -0.294. The number of H-pyrrole nitrogens is 1. The number of nitrogens with zero attached hydrogens (tertiary/aromatic N) is 2. The maximum Gasteiger partial charge on any atom is 0.256 e. The van der Waals surface area contributed by atoms with Gasteiger partial charge >= 0.3 is 0 Å². The number of imidazole rings is 1. The minimum Gasteiger partial charge on any atom is -0.361 e. The molecule has 0 spiro atoms. The van der Waals surface area contributed by atoms with Gasteiger partial charge < -0.3 is 15.2 Å². The zero-order valence-electron chi connectivity index (χ0n) is 18.2. The summed E-state index contributed by atoms with van der Waals surface area (Å²) in [6, 6.07) is 31.5. The number of rotatable bonds is 5. The number of carbonyl (C=O) groups excluding carboxylic acids is 1. The Kier molecular flexibility index (Phi) is 5.04. The largest absolute Gasteiger partial charge is 0.361 e. The van der Waals surface area contributed by atoms with E-state index in [1.165, 1.54) is 0 Å². The van der Waals surface area contributed by atoms with Crippen LogP contribution in [0.25, 0.3) is 22.4 Å². The van der Waals surface area contributed by atoms with Gasteiger partial charge in [-0.25, -0.2) is 4.98 Å². The summed E-state index contributed by atoms with van der Waals surface area (Å²) in [5.74, 6) is 0.821. The van der Waals surface area contributed by atoms with Crippen LogP contribution in [0.4, 0.5) is 5.69 Å². The van der Waals surface area contributed by atoms with Crippen molar-refractivity contribution < 1.29 is 4.79 Å². The number of aromatic amines is 1. The number of hydrogen-bond acceptors (Lipinski definition) is 3. The monoisotopic (exact) mass is 464 g/mol. The molecule has 1 aliphatic rings. The molecule has 1 aromatic heterocycles. The molecule has 0 bridgehead atoms. The van der Waals surface area contributed by atoms with E-state index in [2.05, 4.69) is 15.3 Å². The predicted molar refractivity (Wildman–Crippen MR) is 136 cm³/mol. The summed E-state index contributed by atoms with van der Waals surface area (Å²) in [5.41, 5.74) is 6.45. The van der Waals surface area contributed by atoms with Crippen molar-refractivity contribution >= 4 is 34.2 Å². The van der Waals surface area contributed by atoms with Crippen LogP contribution in [0.3, 0.4) is 0 Å². The van der Waals surface area contributed by atoms with E-state index in [-0.39, 0.29) is 12.1 Å². The van der Waals surface area contributed by atoms with Gasteiger partial charge in [0.25, 0.3) is 5.91 Å². The number of benzene rings is 4. The third-order valence-corrected chi connectivity index (χ3v) is 6.58. The first-order chi connectivity index (χ1) is 16.7. The fraction of sp³-hybridized carbons (Fsp3) is 0.0714. The van der Waals surface area contributed by atoms with E-state index < -0.39 is 0 Å². The van der Waals surface area contributed by atoms with Crippen molar-refractivity contribution in [3.05, 3.63) is 119 Å². The standard InChI is InChI=1S/C28H21ClN4O/c29-23-10-4-1-7-19(23)17-33-27(21-8-2-3-9-22(21)28(33)34)30-20-15-13-18(14-16-20)26-31-24-11-5-6-12-25(24)32-26/h1-16,27,30H,17H2,(H,31,32)/t27-/m1/s1. The van der Waals surface area contributed by atoms with E-state index in [9.17, 15) is 4.79 Å². The first-order valence-electron chi connectivity index (χ1n) is 11.1. The van der Waals surface area contributed by atoms with E-state index in [1.54, 1.807) is 0 Å². The Morgan fingerprint density at radius 3 is 2.44 bits per heavy atom. The van der Waals surface area contributed by atoms with Gasteiger partial charge in [0.2, 0.25) is 0 Å². The topological polar surface area (TPSA) is 61.0 Å². The number of aromatic nitrogens is 2. The molecule has 0 saturated carbocycles. The summed E-state index contributed by atoms with van der Waals surface area (Å²) >= 11 is 6.41. The average Bonchev–Trinajstić information content (AvgIpc) is 3.41. The molecule has 2 N–H and O–H groups in total. The zero-order valence-corrected chi connectivity index (χ0v) is 19.0. The van der Waals surface area contributed by atoms with Gasteiger partial charge in [-0.3, -0.25) is 4.79 Å². The van der Waals surface area contributed by atoms with Crippen molar-refractivity contribution in [1.82, 2.24) is 14.9 Å². The molecule has 0 saturated heterocycles. The lowest BCUT2D eigenvalue weighted by molar-refractivity contribution is 0.0729. The molecule has 0 unspecified atom stereocenters. The summed E-state index contributed by atoms with van der Waals surface area (Å²) < 4.78 is 0. The summed E-state index contributed by atoms with van der Waals surface area (Å²) in [5, 5.41) is 4.21. The Hall–Kier alpha value is -4.09. The molecular weight excluding hydrogens is 444 g/mol. The summed E-state index contributed by atoms with van der Waals surface area (Å²) in [6.45, 7) is 0.419. The number of para-hydroxylation sites is 2. The molecular formula is C28H21ClN4O. The fourth-order valence-electron chi connectivity index (χ4n) is 4.47. The van der Waals surface area contributed by atoms with Crippen LogP contribution in [-0.4, -0.2) is 20.8 Å². The highest BCUT2D eigenvalue weighted by Gasteiger charge is 2.36. The maximum absolute atomic E-state index is 13.3. The van der Waals surface area contributed by atoms with Crippen LogP contribution in [0, 0.1) is 0 Å².